The van der Waals surface area contributed by atoms with Crippen LogP contribution in [0.25, 0.3) is 0 Å². The van der Waals surface area contributed by atoms with Crippen LogP contribution in [0.15, 0.2) is 55.1 Å². The molecule has 1 aromatic rings. The Hall–Kier alpha value is -1.12. The minimum Gasteiger partial charge on any atom is -0.392 e. The molecule has 1 unspecified atom stereocenters. The predicted molar refractivity (Wildman–Crippen MR) is 83.0 cm³/mol. The lowest BCUT2D eigenvalue weighted by atomic mass is 10.2. The predicted octanol–water partition coefficient (Wildman–Crippen LogP) is 3.49. The fourth-order valence-electron chi connectivity index (χ4n) is 2.32. The highest BCUT2D eigenvalue weighted by Gasteiger charge is 2.30. The zero-order chi connectivity index (χ0) is 13.4. The summed E-state index contributed by atoms with van der Waals surface area (Å²) in [5.74, 6) is 0. The lowest BCUT2D eigenvalue weighted by Gasteiger charge is -2.30. The van der Waals surface area contributed by atoms with E-state index in [1.807, 2.05) is 6.08 Å². The van der Waals surface area contributed by atoms with E-state index in [1.54, 1.807) is 0 Å². The van der Waals surface area contributed by atoms with Crippen LogP contribution in [0.1, 0.15) is 12.8 Å². The van der Waals surface area contributed by atoms with Gasteiger partial charge in [0.05, 0.1) is 14.7 Å². The second-order valence-corrected chi connectivity index (χ2v) is 9.92. The van der Waals surface area contributed by atoms with Crippen molar-refractivity contribution in [2.45, 2.75) is 31.5 Å². The molecular weight excluding hydrogens is 236 g/mol. The van der Waals surface area contributed by atoms with Gasteiger partial charge >= 0.3 is 0 Å². The summed E-state index contributed by atoms with van der Waals surface area (Å²) < 4.78 is 0. The van der Waals surface area contributed by atoms with Gasteiger partial charge in [-0.05, 0) is 18.4 Å². The Morgan fingerprint density at radius 1 is 1.22 bits per heavy atom. The SMILES string of the molecule is C=CC(CC/C=C/CO)[Si](C)(C)c1ccccc1. The smallest absolute Gasteiger partial charge is 0.0873 e. The molecule has 0 bridgehead atoms. The summed E-state index contributed by atoms with van der Waals surface area (Å²) in [6, 6.07) is 10.8. The molecule has 0 aliphatic rings. The summed E-state index contributed by atoms with van der Waals surface area (Å²) in [6.45, 7) is 8.96. The number of benzene rings is 1. The van der Waals surface area contributed by atoms with Crippen molar-refractivity contribution >= 4 is 13.3 Å². The Balaban J connectivity index is 2.74. The van der Waals surface area contributed by atoms with Gasteiger partial charge in [-0.15, -0.1) is 6.58 Å². The first-order valence-electron chi connectivity index (χ1n) is 6.57. The lowest BCUT2D eigenvalue weighted by molar-refractivity contribution is 0.342. The van der Waals surface area contributed by atoms with Crippen molar-refractivity contribution in [3.8, 4) is 0 Å². The lowest BCUT2D eigenvalue weighted by Crippen LogP contribution is -2.45. The van der Waals surface area contributed by atoms with Crippen molar-refractivity contribution in [1.29, 1.82) is 0 Å². The van der Waals surface area contributed by atoms with Gasteiger partial charge in [0.15, 0.2) is 0 Å². The van der Waals surface area contributed by atoms with E-state index in [9.17, 15) is 0 Å². The van der Waals surface area contributed by atoms with Crippen LogP contribution in [-0.2, 0) is 0 Å². The fraction of sp³-hybridized carbons (Fsp3) is 0.375. The first-order valence-corrected chi connectivity index (χ1v) is 9.64. The molecule has 1 N–H and O–H groups in total. The number of aliphatic hydroxyl groups excluding tert-OH is 1. The molecule has 0 aliphatic heterocycles. The van der Waals surface area contributed by atoms with Crippen LogP contribution in [0.5, 0.6) is 0 Å². The second kappa shape index (κ2) is 7.34. The molecule has 98 valence electrons. The summed E-state index contributed by atoms with van der Waals surface area (Å²) in [5.41, 5.74) is 0.572. The molecular formula is C16H24OSi. The minimum absolute atomic E-state index is 0.137. The zero-order valence-electron chi connectivity index (χ0n) is 11.5. The molecule has 0 saturated heterocycles. The molecule has 2 heteroatoms. The van der Waals surface area contributed by atoms with Gasteiger partial charge in [-0.2, -0.15) is 0 Å². The summed E-state index contributed by atoms with van der Waals surface area (Å²) in [6.07, 6.45) is 8.13. The van der Waals surface area contributed by atoms with E-state index < -0.39 is 8.07 Å². The molecule has 0 saturated carbocycles. The maximum absolute atomic E-state index is 8.73. The Morgan fingerprint density at radius 3 is 2.44 bits per heavy atom. The third-order valence-corrected chi connectivity index (χ3v) is 7.85. The number of hydrogen-bond acceptors (Lipinski definition) is 1. The van der Waals surface area contributed by atoms with Crippen molar-refractivity contribution in [3.63, 3.8) is 0 Å². The van der Waals surface area contributed by atoms with Crippen molar-refractivity contribution in [2.24, 2.45) is 0 Å². The van der Waals surface area contributed by atoms with Gasteiger partial charge in [-0.1, -0.05) is 66.8 Å². The van der Waals surface area contributed by atoms with E-state index in [1.165, 1.54) is 5.19 Å². The van der Waals surface area contributed by atoms with E-state index in [-0.39, 0.29) is 6.61 Å². The van der Waals surface area contributed by atoms with Crippen LogP contribution in [-0.4, -0.2) is 19.8 Å². The highest BCUT2D eigenvalue weighted by molar-refractivity contribution is 6.91. The summed E-state index contributed by atoms with van der Waals surface area (Å²) in [5, 5.41) is 10.2. The third kappa shape index (κ3) is 3.97. The molecule has 1 rings (SSSR count). The van der Waals surface area contributed by atoms with Crippen LogP contribution in [0.4, 0.5) is 0 Å². The quantitative estimate of drug-likeness (QED) is 0.588. The molecule has 18 heavy (non-hydrogen) atoms. The van der Waals surface area contributed by atoms with Crippen LogP contribution < -0.4 is 5.19 Å². The maximum atomic E-state index is 8.73. The van der Waals surface area contributed by atoms with E-state index in [2.05, 4.69) is 62.2 Å². The molecule has 0 fully saturated rings. The molecule has 0 amide bonds. The molecule has 0 spiro atoms. The second-order valence-electron chi connectivity index (χ2n) is 5.16. The fourth-order valence-corrected chi connectivity index (χ4v) is 5.28. The van der Waals surface area contributed by atoms with Crippen LogP contribution in [0, 0.1) is 0 Å². The summed E-state index contributed by atoms with van der Waals surface area (Å²) >= 11 is 0. The molecule has 0 heterocycles. The van der Waals surface area contributed by atoms with Crippen LogP contribution >= 0.6 is 0 Å². The topological polar surface area (TPSA) is 20.2 Å². The number of aliphatic hydroxyl groups is 1. The van der Waals surface area contributed by atoms with E-state index >= 15 is 0 Å². The number of allylic oxidation sites excluding steroid dienone is 2. The van der Waals surface area contributed by atoms with Gasteiger partial charge < -0.3 is 5.11 Å². The number of rotatable bonds is 7. The Labute approximate surface area is 112 Å². The highest BCUT2D eigenvalue weighted by Crippen LogP contribution is 2.28. The average molecular weight is 260 g/mol. The standard InChI is InChI=1S/C16H24OSi/c1-4-15(11-9-6-10-14-17)18(2,3)16-12-7-5-8-13-16/h4-8,10,12-13,15,17H,1,9,11,14H2,2-3H3/b10-6+. The molecule has 1 aromatic carbocycles. The van der Waals surface area contributed by atoms with Gasteiger partial charge in [-0.25, -0.2) is 0 Å². The van der Waals surface area contributed by atoms with Crippen molar-refractivity contribution in [1.82, 2.24) is 0 Å². The van der Waals surface area contributed by atoms with Gasteiger partial charge in [0, 0.05) is 0 Å². The van der Waals surface area contributed by atoms with E-state index in [0.717, 1.165) is 12.8 Å². The maximum Gasteiger partial charge on any atom is 0.0873 e. The van der Waals surface area contributed by atoms with Crippen molar-refractivity contribution < 1.29 is 5.11 Å². The van der Waals surface area contributed by atoms with Gasteiger partial charge in [0.1, 0.15) is 0 Å². The Morgan fingerprint density at radius 2 is 1.89 bits per heavy atom. The first kappa shape index (κ1) is 14.9. The molecule has 0 aliphatic carbocycles. The third-order valence-electron chi connectivity index (χ3n) is 3.65. The van der Waals surface area contributed by atoms with E-state index in [4.69, 9.17) is 5.11 Å². The Kier molecular flexibility index (Phi) is 6.09. The molecule has 1 atom stereocenters. The minimum atomic E-state index is -1.48. The highest BCUT2D eigenvalue weighted by atomic mass is 28.3. The van der Waals surface area contributed by atoms with Gasteiger partial charge in [-0.3, -0.25) is 0 Å². The van der Waals surface area contributed by atoms with Crippen molar-refractivity contribution in [3.05, 3.63) is 55.1 Å². The zero-order valence-corrected chi connectivity index (χ0v) is 12.5. The van der Waals surface area contributed by atoms with Crippen LogP contribution in [0.3, 0.4) is 0 Å². The van der Waals surface area contributed by atoms with Gasteiger partial charge in [0.2, 0.25) is 0 Å². The van der Waals surface area contributed by atoms with Gasteiger partial charge in [0.25, 0.3) is 0 Å². The molecule has 0 radical (unpaired) electrons. The normalized spacial score (nSPS) is 13.7. The first-order chi connectivity index (χ1) is 8.62. The Bertz CT molecular complexity index is 381. The molecule has 0 aromatic heterocycles. The monoisotopic (exact) mass is 260 g/mol. The average Bonchev–Trinajstić information content (AvgIpc) is 2.39. The molecule has 1 nitrogen and oxygen atoms in total. The number of hydrogen-bond donors (Lipinski definition) is 1. The van der Waals surface area contributed by atoms with E-state index in [0.29, 0.717) is 5.54 Å². The van der Waals surface area contributed by atoms with Crippen molar-refractivity contribution in [2.75, 3.05) is 6.61 Å². The summed E-state index contributed by atoms with van der Waals surface area (Å²) in [7, 11) is -1.48. The van der Waals surface area contributed by atoms with Crippen LogP contribution in [0.2, 0.25) is 18.6 Å². The summed E-state index contributed by atoms with van der Waals surface area (Å²) in [4.78, 5) is 0. The largest absolute Gasteiger partial charge is 0.392 e.